The van der Waals surface area contributed by atoms with E-state index in [1.165, 1.54) is 18.2 Å². The second-order valence-electron chi connectivity index (χ2n) is 16.8. The summed E-state index contributed by atoms with van der Waals surface area (Å²) in [5, 5.41) is 17.2. The number of para-hydroxylation sites is 2. The lowest BCUT2D eigenvalue weighted by Crippen LogP contribution is -2.52. The standard InChI is InChI=1S/C24H24F3N7O2.C23H27FN6O2/c1-31-8-10-33(11-9-31)24(35)34(19-5-3-4-16-13-28-32(2)20(16)19)14-17-7-6-15(12-18(17)25)22-29-30-23(36-22)21(26)27;1-27-8-10-29(11-9-27)23(32)30(20-5-3-4-17-14-26-28(2)22(17)20)15-18-7-6-16(12-19(18)24)21(31)13-25/h3-7,12-13,21H,8-11,14H2,1-2H3;3-7,12,14H,8-11,13,15,25H2,1-2H3. The van der Waals surface area contributed by atoms with Gasteiger partial charge in [0.05, 0.1) is 54.4 Å². The SMILES string of the molecule is CN1CCN(C(=O)N(Cc2ccc(-c3nnc(C(F)F)o3)cc2F)c2cccc3cnn(C)c23)CC1.CN1CCN(C(=O)N(Cc2ccc(C(=O)CN)cc2F)c2cccc3cnn(C)c23)CC1. The van der Waals surface area contributed by atoms with Gasteiger partial charge in [0.25, 0.3) is 5.89 Å². The largest absolute Gasteiger partial charge is 0.415 e. The van der Waals surface area contributed by atoms with E-state index < -0.39 is 24.0 Å². The van der Waals surface area contributed by atoms with Gasteiger partial charge in [0.1, 0.15) is 11.6 Å². The quantitative estimate of drug-likeness (QED) is 0.121. The first kappa shape index (κ1) is 47.3. The molecule has 2 N–H and O–H groups in total. The van der Waals surface area contributed by atoms with Crippen LogP contribution in [0.3, 0.4) is 0 Å². The second kappa shape index (κ2) is 20.3. The minimum Gasteiger partial charge on any atom is -0.415 e. The fourth-order valence-corrected chi connectivity index (χ4v) is 8.26. The molecule has 2 aliphatic heterocycles. The first-order chi connectivity index (χ1) is 32.7. The molecule has 4 amide bonds. The summed E-state index contributed by atoms with van der Waals surface area (Å²) in [7, 11) is 7.63. The minimum atomic E-state index is -2.92. The smallest absolute Gasteiger partial charge is 0.324 e. The predicted molar refractivity (Wildman–Crippen MR) is 247 cm³/mol. The zero-order valence-electron chi connectivity index (χ0n) is 38.0. The van der Waals surface area contributed by atoms with E-state index in [0.29, 0.717) is 43.1 Å². The Morgan fingerprint density at radius 1 is 0.662 bits per heavy atom. The molecule has 0 spiro atoms. The zero-order chi connectivity index (χ0) is 48.2. The highest BCUT2D eigenvalue weighted by molar-refractivity contribution is 6.03. The average molecular weight is 938 g/mol. The summed E-state index contributed by atoms with van der Waals surface area (Å²) in [5.74, 6) is -2.54. The molecule has 2 saturated heterocycles. The number of halogens is 4. The number of aromatic nitrogens is 6. The van der Waals surface area contributed by atoms with Crippen LogP contribution >= 0.6 is 0 Å². The van der Waals surface area contributed by atoms with Crippen LogP contribution in [-0.4, -0.2) is 140 Å². The van der Waals surface area contributed by atoms with Gasteiger partial charge >= 0.3 is 18.5 Å². The van der Waals surface area contributed by atoms with Gasteiger partial charge in [-0.1, -0.05) is 42.5 Å². The molecule has 17 nitrogen and oxygen atoms in total. The fourth-order valence-electron chi connectivity index (χ4n) is 8.26. The zero-order valence-corrected chi connectivity index (χ0v) is 38.0. The van der Waals surface area contributed by atoms with Crippen LogP contribution in [0.2, 0.25) is 0 Å². The lowest BCUT2D eigenvalue weighted by molar-refractivity contribution is 0.100. The maximum absolute atomic E-state index is 15.3. The molecular formula is C47H51F4N13O4. The molecule has 21 heteroatoms. The Morgan fingerprint density at radius 2 is 1.15 bits per heavy atom. The van der Waals surface area contributed by atoms with Gasteiger partial charge in [-0.25, -0.2) is 18.4 Å². The van der Waals surface area contributed by atoms with E-state index in [2.05, 4.69) is 30.2 Å². The van der Waals surface area contributed by atoms with Crippen LogP contribution in [0.25, 0.3) is 33.3 Å². The predicted octanol–water partition coefficient (Wildman–Crippen LogP) is 6.30. The van der Waals surface area contributed by atoms with Gasteiger partial charge < -0.3 is 29.8 Å². The van der Waals surface area contributed by atoms with Crippen LogP contribution in [-0.2, 0) is 27.2 Å². The Kier molecular flexibility index (Phi) is 14.1. The first-order valence-corrected chi connectivity index (χ1v) is 21.9. The number of aryl methyl sites for hydroxylation is 2. The number of carbonyl (C=O) groups is 3. The number of amides is 4. The van der Waals surface area contributed by atoms with E-state index in [1.54, 1.807) is 60.5 Å². The normalized spacial score (nSPS) is 14.7. The average Bonchev–Trinajstić information content (AvgIpc) is 4.10. The molecule has 0 bridgehead atoms. The molecular weight excluding hydrogens is 887 g/mol. The van der Waals surface area contributed by atoms with Crippen LogP contribution in [0.1, 0.15) is 33.8 Å². The third-order valence-electron chi connectivity index (χ3n) is 12.2. The molecule has 0 atom stereocenters. The Labute approximate surface area is 388 Å². The lowest BCUT2D eigenvalue weighted by Gasteiger charge is -2.36. The monoisotopic (exact) mass is 937 g/mol. The van der Waals surface area contributed by atoms with Crippen molar-refractivity contribution in [3.05, 3.63) is 119 Å². The molecule has 68 heavy (non-hydrogen) atoms. The van der Waals surface area contributed by atoms with Crippen molar-refractivity contribution in [2.75, 3.05) is 82.8 Å². The molecule has 356 valence electrons. The number of carbonyl (C=O) groups excluding carboxylic acids is 3. The van der Waals surface area contributed by atoms with Crippen molar-refractivity contribution in [1.29, 1.82) is 0 Å². The number of rotatable bonds is 10. The number of nitrogens with zero attached hydrogens (tertiary/aromatic N) is 12. The fraction of sp³-hybridized carbons (Fsp3) is 0.340. The van der Waals surface area contributed by atoms with Gasteiger partial charge in [-0.3, -0.25) is 24.0 Å². The van der Waals surface area contributed by atoms with Crippen molar-refractivity contribution in [2.45, 2.75) is 19.5 Å². The number of Topliss-reactive ketones (excluding diaryl/α,β-unsaturated/α-hetero) is 1. The molecule has 2 fully saturated rings. The van der Waals surface area contributed by atoms with E-state index >= 15 is 4.39 Å². The number of benzene rings is 4. The number of nitrogens with two attached hydrogens (primary N) is 1. The summed E-state index contributed by atoms with van der Waals surface area (Å²) in [6.45, 7) is 5.13. The molecule has 9 rings (SSSR count). The molecule has 7 aromatic rings. The summed E-state index contributed by atoms with van der Waals surface area (Å²) in [6, 6.07) is 19.2. The van der Waals surface area contributed by atoms with Crippen LogP contribution in [0.4, 0.5) is 38.5 Å². The third-order valence-corrected chi connectivity index (χ3v) is 12.2. The Morgan fingerprint density at radius 3 is 1.59 bits per heavy atom. The number of ketones is 1. The van der Waals surface area contributed by atoms with Crippen LogP contribution in [0.15, 0.2) is 89.6 Å². The van der Waals surface area contributed by atoms with E-state index in [0.717, 1.165) is 54.1 Å². The highest BCUT2D eigenvalue weighted by Gasteiger charge is 2.30. The maximum Gasteiger partial charge on any atom is 0.324 e. The van der Waals surface area contributed by atoms with Crippen molar-refractivity contribution in [3.8, 4) is 11.5 Å². The Balaban J connectivity index is 0.000000185. The van der Waals surface area contributed by atoms with Crippen molar-refractivity contribution in [3.63, 3.8) is 0 Å². The molecule has 0 unspecified atom stereocenters. The van der Waals surface area contributed by atoms with Gasteiger partial charge in [0.2, 0.25) is 5.89 Å². The van der Waals surface area contributed by atoms with Crippen LogP contribution in [0.5, 0.6) is 0 Å². The number of alkyl halides is 2. The van der Waals surface area contributed by atoms with E-state index in [-0.39, 0.29) is 60.1 Å². The van der Waals surface area contributed by atoms with Crippen molar-refractivity contribution < 1.29 is 36.4 Å². The van der Waals surface area contributed by atoms with Crippen molar-refractivity contribution in [1.82, 2.24) is 49.4 Å². The van der Waals surface area contributed by atoms with Gasteiger partial charge in [-0.2, -0.15) is 19.0 Å². The van der Waals surface area contributed by atoms with Crippen LogP contribution in [0, 0.1) is 11.6 Å². The molecule has 4 aromatic carbocycles. The van der Waals surface area contributed by atoms with E-state index in [1.807, 2.05) is 57.5 Å². The molecule has 2 aliphatic rings. The number of hydrogen-bond acceptors (Lipinski definition) is 11. The topological polar surface area (TPSA) is 171 Å². The van der Waals surface area contributed by atoms with Gasteiger partial charge in [-0.05, 0) is 44.4 Å². The Hall–Kier alpha value is -7.23. The highest BCUT2D eigenvalue weighted by Crippen LogP contribution is 2.32. The molecule has 0 radical (unpaired) electrons. The maximum atomic E-state index is 15.3. The number of urea groups is 2. The Bertz CT molecular complexity index is 2940. The summed E-state index contributed by atoms with van der Waals surface area (Å²) < 4.78 is 64.1. The van der Waals surface area contributed by atoms with Gasteiger partial charge in [0, 0.05) is 99.5 Å². The molecule has 0 aliphatic carbocycles. The molecule has 0 saturated carbocycles. The number of fused-ring (bicyclic) bond motifs is 2. The van der Waals surface area contributed by atoms with Gasteiger partial charge in [0.15, 0.2) is 5.78 Å². The minimum absolute atomic E-state index is 0.0262. The summed E-state index contributed by atoms with van der Waals surface area (Å²) in [5.41, 5.74) is 9.17. The summed E-state index contributed by atoms with van der Waals surface area (Å²) in [4.78, 5) is 50.2. The van der Waals surface area contributed by atoms with Crippen molar-refractivity contribution >= 4 is 51.0 Å². The third kappa shape index (κ3) is 10.0. The molecule has 3 aromatic heterocycles. The summed E-state index contributed by atoms with van der Waals surface area (Å²) in [6.07, 6.45) is 0.537. The van der Waals surface area contributed by atoms with E-state index in [4.69, 9.17) is 10.2 Å². The highest BCUT2D eigenvalue weighted by atomic mass is 19.3. The number of anilines is 2. The number of likely N-dealkylation sites (N-methyl/N-ethyl adjacent to an activating group) is 2. The van der Waals surface area contributed by atoms with Gasteiger partial charge in [-0.15, -0.1) is 10.2 Å². The second-order valence-corrected chi connectivity index (χ2v) is 16.8. The molecule has 5 heterocycles. The number of hydrogen-bond donors (Lipinski definition) is 1. The summed E-state index contributed by atoms with van der Waals surface area (Å²) >= 11 is 0. The van der Waals surface area contributed by atoms with Crippen LogP contribution < -0.4 is 15.5 Å². The number of piperazine rings is 2. The van der Waals surface area contributed by atoms with Crippen molar-refractivity contribution in [2.24, 2.45) is 19.8 Å². The lowest BCUT2D eigenvalue weighted by atomic mass is 10.1. The van der Waals surface area contributed by atoms with E-state index in [9.17, 15) is 27.6 Å². The first-order valence-electron chi connectivity index (χ1n) is 21.9.